The standard InChI is InChI=1S/C14H15N3OS/c18-13(17-12-4-8-3-11(12)15-6-8)10-5-9-1-2-19-14(9)16-7-10/h1-2,5,7-8,11-12,15H,3-4,6H2,(H,17,18). The van der Waals surface area contributed by atoms with Crippen molar-refractivity contribution in [3.05, 3.63) is 29.3 Å². The minimum atomic E-state index is -0.0000463. The van der Waals surface area contributed by atoms with Crippen LogP contribution in [0.15, 0.2) is 23.7 Å². The summed E-state index contributed by atoms with van der Waals surface area (Å²) in [5.41, 5.74) is 0.661. The number of carbonyl (C=O) groups excluding carboxylic acids is 1. The van der Waals surface area contributed by atoms with Crippen LogP contribution in [0.25, 0.3) is 10.2 Å². The summed E-state index contributed by atoms with van der Waals surface area (Å²) in [6.07, 6.45) is 3.99. The largest absolute Gasteiger partial charge is 0.348 e. The molecule has 2 aliphatic rings. The molecule has 3 atom stereocenters. The van der Waals surface area contributed by atoms with Gasteiger partial charge in [0.05, 0.1) is 5.56 Å². The van der Waals surface area contributed by atoms with E-state index < -0.39 is 0 Å². The zero-order chi connectivity index (χ0) is 12.8. The Labute approximate surface area is 115 Å². The summed E-state index contributed by atoms with van der Waals surface area (Å²) in [6.45, 7) is 1.11. The van der Waals surface area contributed by atoms with E-state index in [9.17, 15) is 4.79 Å². The van der Waals surface area contributed by atoms with Crippen LogP contribution in [-0.2, 0) is 0 Å². The van der Waals surface area contributed by atoms with Crippen molar-refractivity contribution in [3.8, 4) is 0 Å². The highest BCUT2D eigenvalue weighted by Gasteiger charge is 2.40. The Hall–Kier alpha value is -1.46. The van der Waals surface area contributed by atoms with Gasteiger partial charge in [-0.3, -0.25) is 4.79 Å². The smallest absolute Gasteiger partial charge is 0.253 e. The molecule has 0 radical (unpaired) electrons. The number of aromatic nitrogens is 1. The van der Waals surface area contributed by atoms with Gasteiger partial charge in [-0.05, 0) is 42.8 Å². The van der Waals surface area contributed by atoms with Gasteiger partial charge in [0.25, 0.3) is 5.91 Å². The third-order valence-corrected chi connectivity index (χ3v) is 5.05. The molecule has 1 aliphatic heterocycles. The summed E-state index contributed by atoms with van der Waals surface area (Å²) in [4.78, 5) is 17.6. The van der Waals surface area contributed by atoms with Gasteiger partial charge < -0.3 is 10.6 Å². The van der Waals surface area contributed by atoms with Crippen LogP contribution in [0.5, 0.6) is 0 Å². The second-order valence-electron chi connectivity index (χ2n) is 5.47. The van der Waals surface area contributed by atoms with Crippen LogP contribution >= 0.6 is 11.3 Å². The molecule has 2 N–H and O–H groups in total. The second kappa shape index (κ2) is 4.28. The van der Waals surface area contributed by atoms with Crippen LogP contribution in [0, 0.1) is 5.92 Å². The molecule has 2 aromatic rings. The first-order chi connectivity index (χ1) is 9.29. The van der Waals surface area contributed by atoms with E-state index in [-0.39, 0.29) is 11.9 Å². The van der Waals surface area contributed by atoms with Crippen molar-refractivity contribution >= 4 is 27.5 Å². The lowest BCUT2D eigenvalue weighted by molar-refractivity contribution is 0.0928. The van der Waals surface area contributed by atoms with Gasteiger partial charge in [-0.1, -0.05) is 0 Å². The monoisotopic (exact) mass is 273 g/mol. The van der Waals surface area contributed by atoms with Crippen molar-refractivity contribution < 1.29 is 4.79 Å². The van der Waals surface area contributed by atoms with Crippen LogP contribution in [-0.4, -0.2) is 29.5 Å². The molecule has 0 aromatic carbocycles. The molecule has 1 amide bonds. The van der Waals surface area contributed by atoms with Gasteiger partial charge in [-0.15, -0.1) is 11.3 Å². The molecular formula is C14H15N3OS. The number of amides is 1. The van der Waals surface area contributed by atoms with E-state index in [0.29, 0.717) is 11.6 Å². The van der Waals surface area contributed by atoms with Crippen molar-refractivity contribution in [3.63, 3.8) is 0 Å². The lowest BCUT2D eigenvalue weighted by Gasteiger charge is -2.23. The number of carbonyl (C=O) groups is 1. The van der Waals surface area contributed by atoms with Gasteiger partial charge in [0, 0.05) is 23.7 Å². The number of rotatable bonds is 2. The highest BCUT2D eigenvalue weighted by molar-refractivity contribution is 7.16. The fraction of sp³-hybridized carbons (Fsp3) is 0.429. The van der Waals surface area contributed by atoms with E-state index in [1.165, 1.54) is 6.42 Å². The number of nitrogens with one attached hydrogen (secondary N) is 2. The molecule has 5 heteroatoms. The van der Waals surface area contributed by atoms with Gasteiger partial charge in [-0.2, -0.15) is 0 Å². The van der Waals surface area contributed by atoms with Crippen LogP contribution in [0.1, 0.15) is 23.2 Å². The van der Waals surface area contributed by atoms with E-state index >= 15 is 0 Å². The Morgan fingerprint density at radius 2 is 2.42 bits per heavy atom. The lowest BCUT2D eigenvalue weighted by atomic mass is 10.1. The number of hydrogen-bond donors (Lipinski definition) is 2. The first-order valence-corrected chi connectivity index (χ1v) is 7.55. The number of pyridine rings is 1. The van der Waals surface area contributed by atoms with Gasteiger partial charge in [0.2, 0.25) is 0 Å². The average molecular weight is 273 g/mol. The molecule has 2 aromatic heterocycles. The Morgan fingerprint density at radius 1 is 1.47 bits per heavy atom. The van der Waals surface area contributed by atoms with Crippen LogP contribution in [0.3, 0.4) is 0 Å². The summed E-state index contributed by atoms with van der Waals surface area (Å²) in [5, 5.41) is 9.65. The fourth-order valence-electron chi connectivity index (χ4n) is 3.25. The molecule has 19 heavy (non-hydrogen) atoms. The van der Waals surface area contributed by atoms with E-state index in [4.69, 9.17) is 0 Å². The van der Waals surface area contributed by atoms with Crippen molar-refractivity contribution in [1.82, 2.24) is 15.6 Å². The van der Waals surface area contributed by atoms with Crippen LogP contribution in [0.2, 0.25) is 0 Å². The predicted octanol–water partition coefficient (Wildman–Crippen LogP) is 1.78. The molecule has 2 fully saturated rings. The van der Waals surface area contributed by atoms with Crippen molar-refractivity contribution in [1.29, 1.82) is 0 Å². The number of hydrogen-bond acceptors (Lipinski definition) is 4. The molecule has 4 nitrogen and oxygen atoms in total. The highest BCUT2D eigenvalue weighted by atomic mass is 32.1. The lowest BCUT2D eigenvalue weighted by Crippen LogP contribution is -2.47. The zero-order valence-corrected chi connectivity index (χ0v) is 11.2. The topological polar surface area (TPSA) is 54.0 Å². The first kappa shape index (κ1) is 11.4. The Kier molecular flexibility index (Phi) is 2.56. The molecule has 1 saturated carbocycles. The molecule has 4 rings (SSSR count). The van der Waals surface area contributed by atoms with Crippen LogP contribution in [0.4, 0.5) is 0 Å². The fourth-order valence-corrected chi connectivity index (χ4v) is 3.97. The minimum absolute atomic E-state index is 0.0000463. The van der Waals surface area contributed by atoms with Crippen molar-refractivity contribution in [2.45, 2.75) is 24.9 Å². The molecule has 0 spiro atoms. The highest BCUT2D eigenvalue weighted by Crippen LogP contribution is 2.31. The molecule has 98 valence electrons. The quantitative estimate of drug-likeness (QED) is 0.877. The summed E-state index contributed by atoms with van der Waals surface area (Å²) < 4.78 is 0. The summed E-state index contributed by atoms with van der Waals surface area (Å²) in [7, 11) is 0. The molecule has 3 unspecified atom stereocenters. The summed E-state index contributed by atoms with van der Waals surface area (Å²) >= 11 is 1.60. The second-order valence-corrected chi connectivity index (χ2v) is 6.37. The molecule has 2 bridgehead atoms. The molecule has 3 heterocycles. The zero-order valence-electron chi connectivity index (χ0n) is 10.4. The number of thiophene rings is 1. The maximum Gasteiger partial charge on any atom is 0.253 e. The van der Waals surface area contributed by atoms with Crippen LogP contribution < -0.4 is 10.6 Å². The van der Waals surface area contributed by atoms with Gasteiger partial charge in [0.1, 0.15) is 4.83 Å². The number of nitrogens with zero attached hydrogens (tertiary/aromatic N) is 1. The first-order valence-electron chi connectivity index (χ1n) is 6.67. The molecular weight excluding hydrogens is 258 g/mol. The van der Waals surface area contributed by atoms with Crippen molar-refractivity contribution in [2.24, 2.45) is 5.92 Å². The maximum atomic E-state index is 12.3. The number of piperidine rings is 1. The third-order valence-electron chi connectivity index (χ3n) is 4.21. The van der Waals surface area contributed by atoms with Crippen molar-refractivity contribution in [2.75, 3.05) is 6.54 Å². The van der Waals surface area contributed by atoms with E-state index in [0.717, 1.165) is 29.1 Å². The minimum Gasteiger partial charge on any atom is -0.348 e. The Balaban J connectivity index is 1.53. The summed E-state index contributed by atoms with van der Waals surface area (Å²) in [5.74, 6) is 0.743. The van der Waals surface area contributed by atoms with Gasteiger partial charge in [-0.25, -0.2) is 4.98 Å². The summed E-state index contributed by atoms with van der Waals surface area (Å²) in [6, 6.07) is 4.67. The van der Waals surface area contributed by atoms with Gasteiger partial charge in [0.15, 0.2) is 0 Å². The van der Waals surface area contributed by atoms with E-state index in [1.54, 1.807) is 17.5 Å². The Morgan fingerprint density at radius 3 is 3.21 bits per heavy atom. The van der Waals surface area contributed by atoms with Gasteiger partial charge >= 0.3 is 0 Å². The molecule has 1 saturated heterocycles. The number of fused-ring (bicyclic) bond motifs is 3. The molecule has 1 aliphatic carbocycles. The normalized spacial score (nSPS) is 28.9. The average Bonchev–Trinajstić information content (AvgIpc) is 3.13. The Bertz CT molecular complexity index is 638. The SMILES string of the molecule is O=C(NC1CC2CNC1C2)c1cnc2sccc2c1. The maximum absolute atomic E-state index is 12.3. The third kappa shape index (κ3) is 1.93. The van der Waals surface area contributed by atoms with E-state index in [2.05, 4.69) is 15.6 Å². The predicted molar refractivity (Wildman–Crippen MR) is 75.4 cm³/mol. The van der Waals surface area contributed by atoms with E-state index in [1.807, 2.05) is 17.5 Å².